The van der Waals surface area contributed by atoms with E-state index in [1.165, 1.54) is 5.56 Å². The second-order valence-electron chi connectivity index (χ2n) is 4.77. The zero-order valence-corrected chi connectivity index (χ0v) is 12.3. The molecule has 4 nitrogen and oxygen atoms in total. The maximum Gasteiger partial charge on any atom is 0.340 e. The largest absolute Gasteiger partial charge is 0.462 e. The van der Waals surface area contributed by atoms with Crippen LogP contribution in [0.15, 0.2) is 42.5 Å². The van der Waals surface area contributed by atoms with Crippen LogP contribution in [-0.4, -0.2) is 12.6 Å². The van der Waals surface area contributed by atoms with Crippen LogP contribution in [-0.2, 0) is 11.3 Å². The van der Waals surface area contributed by atoms with Gasteiger partial charge >= 0.3 is 5.97 Å². The Kier molecular flexibility index (Phi) is 4.82. The Morgan fingerprint density at radius 1 is 1.19 bits per heavy atom. The molecule has 2 aromatic rings. The second-order valence-corrected chi connectivity index (χ2v) is 4.77. The summed E-state index contributed by atoms with van der Waals surface area (Å²) in [4.78, 5) is 12.0. The minimum absolute atomic E-state index is 0.338. The summed E-state index contributed by atoms with van der Waals surface area (Å²) in [5.74, 6) is -0.364. The van der Waals surface area contributed by atoms with Crippen LogP contribution in [0.4, 0.5) is 11.4 Å². The van der Waals surface area contributed by atoms with Crippen LogP contribution in [0.5, 0.6) is 0 Å². The molecule has 0 aliphatic heterocycles. The second kappa shape index (κ2) is 6.79. The molecule has 2 aromatic carbocycles. The summed E-state index contributed by atoms with van der Waals surface area (Å²) in [6.45, 7) is 4.78. The van der Waals surface area contributed by atoms with Crippen LogP contribution >= 0.6 is 0 Å². The van der Waals surface area contributed by atoms with Crippen molar-refractivity contribution in [2.45, 2.75) is 20.4 Å². The number of anilines is 2. The van der Waals surface area contributed by atoms with E-state index in [0.717, 1.165) is 5.56 Å². The molecule has 0 unspecified atom stereocenters. The average molecular weight is 284 g/mol. The molecule has 0 amide bonds. The normalized spacial score (nSPS) is 10.2. The number of nitrogens with one attached hydrogen (secondary N) is 1. The van der Waals surface area contributed by atoms with Gasteiger partial charge in [0.05, 0.1) is 23.5 Å². The van der Waals surface area contributed by atoms with E-state index >= 15 is 0 Å². The maximum absolute atomic E-state index is 12.0. The quantitative estimate of drug-likeness (QED) is 0.652. The van der Waals surface area contributed by atoms with Gasteiger partial charge in [-0.05, 0) is 37.1 Å². The molecule has 21 heavy (non-hydrogen) atoms. The van der Waals surface area contributed by atoms with Crippen LogP contribution < -0.4 is 11.1 Å². The number of hydrogen-bond acceptors (Lipinski definition) is 4. The van der Waals surface area contributed by atoms with Gasteiger partial charge < -0.3 is 15.8 Å². The Labute approximate surface area is 124 Å². The lowest BCUT2D eigenvalue weighted by Crippen LogP contribution is -2.12. The molecule has 0 atom stereocenters. The van der Waals surface area contributed by atoms with Crippen molar-refractivity contribution in [1.29, 1.82) is 0 Å². The molecule has 0 saturated carbocycles. The number of para-hydroxylation sites is 1. The zero-order valence-electron chi connectivity index (χ0n) is 12.3. The lowest BCUT2D eigenvalue weighted by atomic mass is 10.1. The highest BCUT2D eigenvalue weighted by Crippen LogP contribution is 2.25. The summed E-state index contributed by atoms with van der Waals surface area (Å²) in [6, 6.07) is 13.3. The van der Waals surface area contributed by atoms with Crippen LogP contribution in [0.25, 0.3) is 0 Å². The number of ether oxygens (including phenoxy) is 1. The Bertz CT molecular complexity index is 638. The maximum atomic E-state index is 12.0. The lowest BCUT2D eigenvalue weighted by molar-refractivity contribution is 0.0527. The van der Waals surface area contributed by atoms with E-state index in [-0.39, 0.29) is 5.97 Å². The summed E-state index contributed by atoms with van der Waals surface area (Å²) in [5, 5.41) is 3.25. The van der Waals surface area contributed by atoms with E-state index < -0.39 is 0 Å². The molecule has 4 heteroatoms. The first kappa shape index (κ1) is 14.9. The van der Waals surface area contributed by atoms with Gasteiger partial charge in [0.15, 0.2) is 0 Å². The number of nitrogen functional groups attached to an aromatic ring is 1. The number of carbonyl (C=O) groups excluding carboxylic acids is 1. The van der Waals surface area contributed by atoms with E-state index in [1.807, 2.05) is 18.2 Å². The van der Waals surface area contributed by atoms with Crippen molar-refractivity contribution in [3.05, 3.63) is 59.2 Å². The van der Waals surface area contributed by atoms with Gasteiger partial charge in [-0.25, -0.2) is 4.79 Å². The van der Waals surface area contributed by atoms with Gasteiger partial charge in [0.1, 0.15) is 0 Å². The zero-order chi connectivity index (χ0) is 15.2. The van der Waals surface area contributed by atoms with E-state index in [1.54, 1.807) is 25.1 Å². The molecule has 0 radical (unpaired) electrons. The fourth-order valence-corrected chi connectivity index (χ4v) is 2.14. The number of carbonyl (C=O) groups is 1. The molecule has 110 valence electrons. The average Bonchev–Trinajstić information content (AvgIpc) is 2.47. The predicted molar refractivity (Wildman–Crippen MR) is 85.3 cm³/mol. The topological polar surface area (TPSA) is 64.3 Å². The van der Waals surface area contributed by atoms with E-state index in [2.05, 4.69) is 18.3 Å². The smallest absolute Gasteiger partial charge is 0.340 e. The predicted octanol–water partition coefficient (Wildman–Crippen LogP) is 3.37. The first-order valence-corrected chi connectivity index (χ1v) is 6.97. The molecular formula is C17H20N2O2. The van der Waals surface area contributed by atoms with Crippen LogP contribution in [0.2, 0.25) is 0 Å². The van der Waals surface area contributed by atoms with Gasteiger partial charge in [-0.3, -0.25) is 0 Å². The number of aryl methyl sites for hydroxylation is 1. The Morgan fingerprint density at radius 2 is 1.95 bits per heavy atom. The SMILES string of the molecule is CCOC(=O)c1cccc(N)c1NCc1ccccc1C. The van der Waals surface area contributed by atoms with E-state index in [9.17, 15) is 4.79 Å². The number of esters is 1. The van der Waals surface area contributed by atoms with Gasteiger partial charge in [0.2, 0.25) is 0 Å². The van der Waals surface area contributed by atoms with E-state index in [0.29, 0.717) is 30.1 Å². The van der Waals surface area contributed by atoms with Crippen molar-refractivity contribution in [3.63, 3.8) is 0 Å². The summed E-state index contributed by atoms with van der Waals surface area (Å²) in [5.41, 5.74) is 9.97. The molecule has 0 heterocycles. The first-order chi connectivity index (χ1) is 10.1. The van der Waals surface area contributed by atoms with Crippen LogP contribution in [0.1, 0.15) is 28.4 Å². The molecule has 0 aliphatic rings. The van der Waals surface area contributed by atoms with Crippen molar-refractivity contribution in [3.8, 4) is 0 Å². The fraction of sp³-hybridized carbons (Fsp3) is 0.235. The van der Waals surface area contributed by atoms with Gasteiger partial charge in [0.25, 0.3) is 0 Å². The third kappa shape index (κ3) is 3.54. The lowest BCUT2D eigenvalue weighted by Gasteiger charge is -2.14. The third-order valence-corrected chi connectivity index (χ3v) is 3.31. The fourth-order valence-electron chi connectivity index (χ4n) is 2.14. The number of hydrogen-bond donors (Lipinski definition) is 2. The van der Waals surface area contributed by atoms with Gasteiger partial charge in [-0.2, -0.15) is 0 Å². The first-order valence-electron chi connectivity index (χ1n) is 6.97. The molecule has 3 N–H and O–H groups in total. The molecule has 2 rings (SSSR count). The van der Waals surface area contributed by atoms with Crippen LogP contribution in [0, 0.1) is 6.92 Å². The molecular weight excluding hydrogens is 264 g/mol. The van der Waals surface area contributed by atoms with Crippen molar-refractivity contribution in [2.75, 3.05) is 17.7 Å². The van der Waals surface area contributed by atoms with Crippen LogP contribution in [0.3, 0.4) is 0 Å². The highest BCUT2D eigenvalue weighted by Gasteiger charge is 2.14. The monoisotopic (exact) mass is 284 g/mol. The Balaban J connectivity index is 2.23. The van der Waals surface area contributed by atoms with Gasteiger partial charge in [-0.1, -0.05) is 30.3 Å². The minimum Gasteiger partial charge on any atom is -0.462 e. The van der Waals surface area contributed by atoms with Crippen molar-refractivity contribution >= 4 is 17.3 Å². The Morgan fingerprint density at radius 3 is 2.67 bits per heavy atom. The molecule has 0 saturated heterocycles. The molecule has 0 aromatic heterocycles. The number of benzene rings is 2. The van der Waals surface area contributed by atoms with Gasteiger partial charge in [-0.15, -0.1) is 0 Å². The number of nitrogens with two attached hydrogens (primary N) is 1. The highest BCUT2D eigenvalue weighted by molar-refractivity contribution is 5.98. The van der Waals surface area contributed by atoms with E-state index in [4.69, 9.17) is 10.5 Å². The van der Waals surface area contributed by atoms with Crippen molar-refractivity contribution in [1.82, 2.24) is 0 Å². The van der Waals surface area contributed by atoms with Crippen molar-refractivity contribution < 1.29 is 9.53 Å². The summed E-state index contributed by atoms with van der Waals surface area (Å²) >= 11 is 0. The summed E-state index contributed by atoms with van der Waals surface area (Å²) in [6.07, 6.45) is 0. The Hall–Kier alpha value is -2.49. The number of rotatable bonds is 5. The van der Waals surface area contributed by atoms with Gasteiger partial charge in [0, 0.05) is 6.54 Å². The summed E-state index contributed by atoms with van der Waals surface area (Å²) < 4.78 is 5.06. The molecule has 0 bridgehead atoms. The minimum atomic E-state index is -0.364. The third-order valence-electron chi connectivity index (χ3n) is 3.31. The molecule has 0 spiro atoms. The van der Waals surface area contributed by atoms with Crippen molar-refractivity contribution in [2.24, 2.45) is 0 Å². The highest BCUT2D eigenvalue weighted by atomic mass is 16.5. The summed E-state index contributed by atoms with van der Waals surface area (Å²) in [7, 11) is 0. The molecule has 0 aliphatic carbocycles. The molecule has 0 fully saturated rings. The standard InChI is InChI=1S/C17H20N2O2/c1-3-21-17(20)14-9-6-10-15(18)16(14)19-11-13-8-5-4-7-12(13)2/h4-10,19H,3,11,18H2,1-2H3.